The number of carbonyl (C=O) groups excluding carboxylic acids is 2. The third kappa shape index (κ3) is 7.19. The van der Waals surface area contributed by atoms with E-state index in [0.717, 1.165) is 11.3 Å². The molecule has 10 nitrogen and oxygen atoms in total. The quantitative estimate of drug-likeness (QED) is 0.172. The first kappa shape index (κ1) is 27.3. The van der Waals surface area contributed by atoms with E-state index in [4.69, 9.17) is 9.47 Å². The molecule has 202 valence electrons. The highest BCUT2D eigenvalue weighted by atomic mass is 16.6. The van der Waals surface area contributed by atoms with E-state index in [9.17, 15) is 19.7 Å². The molecule has 0 spiro atoms. The van der Waals surface area contributed by atoms with E-state index in [2.05, 4.69) is 10.3 Å². The summed E-state index contributed by atoms with van der Waals surface area (Å²) in [6.45, 7) is 5.25. The third-order valence-electron chi connectivity index (χ3n) is 5.79. The number of carbonyl (C=O) groups is 2. The molecule has 0 bridgehead atoms. The van der Waals surface area contributed by atoms with Crippen LogP contribution in [0.15, 0.2) is 78.9 Å². The average molecular weight is 531 g/mol. The smallest absolute Gasteiger partial charge is 0.408 e. The van der Waals surface area contributed by atoms with Crippen molar-refractivity contribution >= 4 is 28.8 Å². The summed E-state index contributed by atoms with van der Waals surface area (Å²) in [5, 5.41) is 14.0. The first-order valence-corrected chi connectivity index (χ1v) is 12.5. The maximum atomic E-state index is 13.1. The van der Waals surface area contributed by atoms with E-state index in [1.54, 1.807) is 26.8 Å². The van der Waals surface area contributed by atoms with E-state index in [1.807, 2.05) is 65.2 Å². The first-order chi connectivity index (χ1) is 18.6. The van der Waals surface area contributed by atoms with Gasteiger partial charge in [0.25, 0.3) is 5.69 Å². The number of aromatic nitrogens is 2. The summed E-state index contributed by atoms with van der Waals surface area (Å²) in [4.78, 5) is 41.2. The van der Waals surface area contributed by atoms with Crippen molar-refractivity contribution in [3.63, 3.8) is 0 Å². The maximum Gasteiger partial charge on any atom is 0.408 e. The fourth-order valence-electron chi connectivity index (χ4n) is 4.07. The van der Waals surface area contributed by atoms with Gasteiger partial charge >= 0.3 is 12.1 Å². The lowest BCUT2D eigenvalue weighted by molar-refractivity contribution is -0.384. The van der Waals surface area contributed by atoms with Gasteiger partial charge in [-0.15, -0.1) is 0 Å². The number of nitrogens with one attached hydrogen (secondary N) is 1. The lowest BCUT2D eigenvalue weighted by Crippen LogP contribution is -2.44. The van der Waals surface area contributed by atoms with E-state index in [0.29, 0.717) is 16.9 Å². The number of hydrogen-bond acceptors (Lipinski definition) is 7. The summed E-state index contributed by atoms with van der Waals surface area (Å²) in [6, 6.07) is 22.2. The van der Waals surface area contributed by atoms with Gasteiger partial charge in [-0.1, -0.05) is 48.5 Å². The van der Waals surface area contributed by atoms with Crippen LogP contribution < -0.4 is 5.32 Å². The van der Waals surface area contributed by atoms with Crippen molar-refractivity contribution in [2.45, 2.75) is 51.9 Å². The molecule has 1 aromatic heterocycles. The number of aryl methyl sites for hydroxylation is 1. The van der Waals surface area contributed by atoms with Crippen LogP contribution in [0.5, 0.6) is 0 Å². The predicted molar refractivity (Wildman–Crippen MR) is 145 cm³/mol. The molecule has 0 saturated heterocycles. The number of benzene rings is 3. The molecule has 1 amide bonds. The average Bonchev–Trinajstić information content (AvgIpc) is 3.27. The van der Waals surface area contributed by atoms with Gasteiger partial charge in [-0.2, -0.15) is 0 Å². The molecule has 0 aliphatic heterocycles. The highest BCUT2D eigenvalue weighted by Gasteiger charge is 2.27. The van der Waals surface area contributed by atoms with Gasteiger partial charge in [-0.25, -0.2) is 14.6 Å². The molecule has 0 aliphatic rings. The number of alkyl carbamates (subject to hydrolysis) is 1. The Labute approximate surface area is 225 Å². The number of nitro groups is 1. The molecule has 0 aliphatic carbocycles. The molecule has 0 unspecified atom stereocenters. The molecule has 0 saturated carbocycles. The standard InChI is InChI=1S/C29H30N4O6/c1-29(2,3)39-28(35)31-23(27(34)38-19-20-10-6-4-7-11-20)15-17-26-30-24-18-22(33(36)37)14-16-25(24)32(26)21-12-8-5-9-13-21/h4-14,16,18,23H,15,17,19H2,1-3H3,(H,31,35)/t23-/m0/s1. The Kier molecular flexibility index (Phi) is 8.24. The van der Waals surface area contributed by atoms with Crippen LogP contribution in [0.1, 0.15) is 38.6 Å². The van der Waals surface area contributed by atoms with Crippen LogP contribution in [0.3, 0.4) is 0 Å². The Hall–Kier alpha value is -4.73. The van der Waals surface area contributed by atoms with Gasteiger partial charge in [0.05, 0.1) is 16.0 Å². The minimum atomic E-state index is -1.01. The van der Waals surface area contributed by atoms with Gasteiger partial charge in [0.15, 0.2) is 0 Å². The van der Waals surface area contributed by atoms with Gasteiger partial charge in [-0.3, -0.25) is 14.7 Å². The number of ether oxygens (including phenoxy) is 2. The molecule has 1 N–H and O–H groups in total. The summed E-state index contributed by atoms with van der Waals surface area (Å²) < 4.78 is 12.8. The molecule has 4 aromatic rings. The number of hydrogen-bond donors (Lipinski definition) is 1. The number of nitro benzene ring substituents is 1. The number of rotatable bonds is 9. The molecular formula is C29H30N4O6. The number of nitrogens with zero attached hydrogens (tertiary/aromatic N) is 3. The minimum Gasteiger partial charge on any atom is -0.459 e. The highest BCUT2D eigenvalue weighted by Crippen LogP contribution is 2.26. The highest BCUT2D eigenvalue weighted by molar-refractivity contribution is 5.82. The maximum absolute atomic E-state index is 13.1. The number of amides is 1. The molecule has 1 heterocycles. The lowest BCUT2D eigenvalue weighted by atomic mass is 10.1. The fraction of sp³-hybridized carbons (Fsp3) is 0.276. The van der Waals surface area contributed by atoms with Crippen molar-refractivity contribution < 1.29 is 24.0 Å². The van der Waals surface area contributed by atoms with Gasteiger partial charge in [0, 0.05) is 24.2 Å². The van der Waals surface area contributed by atoms with E-state index >= 15 is 0 Å². The topological polar surface area (TPSA) is 126 Å². The van der Waals surface area contributed by atoms with Crippen molar-refractivity contribution in [2.24, 2.45) is 0 Å². The summed E-state index contributed by atoms with van der Waals surface area (Å²) in [7, 11) is 0. The second kappa shape index (κ2) is 11.8. The van der Waals surface area contributed by atoms with Crippen LogP contribution in [0.25, 0.3) is 16.7 Å². The number of para-hydroxylation sites is 1. The van der Waals surface area contributed by atoms with Gasteiger partial charge in [-0.05, 0) is 51.0 Å². The van der Waals surface area contributed by atoms with Gasteiger partial charge < -0.3 is 14.8 Å². The molecule has 3 aromatic carbocycles. The second-order valence-corrected chi connectivity index (χ2v) is 9.96. The van der Waals surface area contributed by atoms with Crippen molar-refractivity contribution in [1.29, 1.82) is 0 Å². The molecule has 0 radical (unpaired) electrons. The van der Waals surface area contributed by atoms with E-state index in [1.165, 1.54) is 12.1 Å². The van der Waals surface area contributed by atoms with E-state index < -0.39 is 28.6 Å². The number of esters is 1. The zero-order chi connectivity index (χ0) is 28.0. The fourth-order valence-corrected chi connectivity index (χ4v) is 4.07. The second-order valence-electron chi connectivity index (χ2n) is 9.96. The largest absolute Gasteiger partial charge is 0.459 e. The van der Waals surface area contributed by atoms with Crippen molar-refractivity contribution in [3.8, 4) is 5.69 Å². The number of non-ortho nitro benzene ring substituents is 1. The molecule has 4 rings (SSSR count). The zero-order valence-electron chi connectivity index (χ0n) is 22.0. The van der Waals surface area contributed by atoms with E-state index in [-0.39, 0.29) is 25.1 Å². The molecule has 0 fully saturated rings. The Bertz CT molecular complexity index is 1460. The summed E-state index contributed by atoms with van der Waals surface area (Å²) in [5.41, 5.74) is 1.94. The van der Waals surface area contributed by atoms with Crippen LogP contribution in [0.4, 0.5) is 10.5 Å². The number of imidazole rings is 1. The predicted octanol–water partition coefficient (Wildman–Crippen LogP) is 5.50. The van der Waals surface area contributed by atoms with Gasteiger partial charge in [0.2, 0.25) is 0 Å². The van der Waals surface area contributed by atoms with Crippen LogP contribution in [0, 0.1) is 10.1 Å². The van der Waals surface area contributed by atoms with Crippen LogP contribution in [-0.2, 0) is 27.3 Å². The third-order valence-corrected chi connectivity index (χ3v) is 5.79. The van der Waals surface area contributed by atoms with Crippen molar-refractivity contribution in [2.75, 3.05) is 0 Å². The number of fused-ring (bicyclic) bond motifs is 1. The summed E-state index contributed by atoms with van der Waals surface area (Å²) >= 11 is 0. The first-order valence-electron chi connectivity index (χ1n) is 12.5. The van der Waals surface area contributed by atoms with Crippen LogP contribution in [-0.4, -0.2) is 38.2 Å². The molecular weight excluding hydrogens is 500 g/mol. The molecule has 10 heteroatoms. The molecule has 39 heavy (non-hydrogen) atoms. The monoisotopic (exact) mass is 530 g/mol. The Morgan fingerprint density at radius 3 is 2.33 bits per heavy atom. The van der Waals surface area contributed by atoms with Crippen molar-refractivity contribution in [1.82, 2.24) is 14.9 Å². The summed E-state index contributed by atoms with van der Waals surface area (Å²) in [5.74, 6) is -0.0359. The Morgan fingerprint density at radius 1 is 1.03 bits per heavy atom. The minimum absolute atomic E-state index is 0.0539. The van der Waals surface area contributed by atoms with Crippen LogP contribution >= 0.6 is 0 Å². The van der Waals surface area contributed by atoms with Crippen LogP contribution in [0.2, 0.25) is 0 Å². The molecule has 1 atom stereocenters. The Morgan fingerprint density at radius 2 is 1.69 bits per heavy atom. The normalized spacial score (nSPS) is 12.1. The van der Waals surface area contributed by atoms with Gasteiger partial charge in [0.1, 0.15) is 24.1 Å². The zero-order valence-corrected chi connectivity index (χ0v) is 22.0. The SMILES string of the molecule is CC(C)(C)OC(=O)N[C@@H](CCc1nc2cc([N+](=O)[O-])ccc2n1-c1ccccc1)C(=O)OCc1ccccc1. The summed E-state index contributed by atoms with van der Waals surface area (Å²) in [6.07, 6.45) is -0.319. The van der Waals surface area contributed by atoms with Crippen molar-refractivity contribution in [3.05, 3.63) is 100 Å². The Balaban J connectivity index is 1.61. The lowest BCUT2D eigenvalue weighted by Gasteiger charge is -2.23.